The number of benzene rings is 1. The number of carbonyl (C=O) groups excluding carboxylic acids is 5. The molecule has 332 valence electrons. The van der Waals surface area contributed by atoms with Crippen LogP contribution in [-0.4, -0.2) is 98.3 Å². The van der Waals surface area contributed by atoms with Gasteiger partial charge in [-0.2, -0.15) is 0 Å². The number of unbranched alkanes of at least 4 members (excludes halogenated alkanes) is 2. The molecule has 0 saturated heterocycles. The van der Waals surface area contributed by atoms with Gasteiger partial charge in [0, 0.05) is 67.7 Å². The molecule has 2 aliphatic rings. The fourth-order valence-electron chi connectivity index (χ4n) is 7.91. The van der Waals surface area contributed by atoms with Crippen molar-refractivity contribution in [2.24, 2.45) is 28.9 Å². The van der Waals surface area contributed by atoms with Crippen molar-refractivity contribution in [2.45, 2.75) is 104 Å². The van der Waals surface area contributed by atoms with Gasteiger partial charge in [-0.3, -0.25) is 24.0 Å². The highest BCUT2D eigenvalue weighted by Crippen LogP contribution is 2.46. The van der Waals surface area contributed by atoms with Gasteiger partial charge >= 0.3 is 0 Å². The van der Waals surface area contributed by atoms with Crippen molar-refractivity contribution < 1.29 is 28.5 Å². The first-order valence-corrected chi connectivity index (χ1v) is 21.6. The van der Waals surface area contributed by atoms with Crippen LogP contribution in [-0.2, 0) is 30.5 Å². The third kappa shape index (κ3) is 14.9. The summed E-state index contributed by atoms with van der Waals surface area (Å²) in [4.78, 5) is 66.1. The minimum Gasteiger partial charge on any atom is -0.386 e. The number of carbonyl (C=O) groups is 5. The van der Waals surface area contributed by atoms with E-state index in [-0.39, 0.29) is 47.3 Å². The zero-order valence-corrected chi connectivity index (χ0v) is 37.4. The molecule has 14 heteroatoms. The minimum atomic E-state index is -0.786. The normalized spacial score (nSPS) is 16.6. The Kier molecular flexibility index (Phi) is 18.9. The summed E-state index contributed by atoms with van der Waals surface area (Å²) in [5, 5.41) is 18.1. The molecule has 4 atom stereocenters. The summed E-state index contributed by atoms with van der Waals surface area (Å²) in [6, 6.07) is 6.65. The van der Waals surface area contributed by atoms with Crippen LogP contribution < -0.4 is 37.6 Å². The number of hydrogen-bond acceptors (Lipinski definition) is 8. The van der Waals surface area contributed by atoms with E-state index in [4.69, 9.17) is 5.73 Å². The SMILES string of the molecule is C=C(N)NCCCC(NC(=C)C1(C(=O)NCCCCCN2C(=C)C=CC2=O)CCC1)C(=O)Nc1ccc(C[N+](C)(C)CC(C)C(C)CC(=O)N[C@H](C(=O)NC)C(C)C)cc1. The van der Waals surface area contributed by atoms with E-state index in [1.807, 2.05) is 38.1 Å². The van der Waals surface area contributed by atoms with E-state index in [1.54, 1.807) is 18.0 Å². The monoisotopic (exact) mass is 833 g/mol. The number of likely N-dealkylation sites (N-methyl/N-ethyl adjacent to an activating group) is 1. The Morgan fingerprint density at radius 1 is 0.883 bits per heavy atom. The molecular weight excluding hydrogens is 759 g/mol. The summed E-state index contributed by atoms with van der Waals surface area (Å²) in [6.45, 7) is 23.2. The van der Waals surface area contributed by atoms with Crippen LogP contribution in [0.15, 0.2) is 73.4 Å². The first-order chi connectivity index (χ1) is 28.3. The number of quaternary nitrogens is 1. The van der Waals surface area contributed by atoms with Crippen LogP contribution in [0.2, 0.25) is 0 Å². The molecule has 1 heterocycles. The average Bonchev–Trinajstić information content (AvgIpc) is 3.48. The van der Waals surface area contributed by atoms with Gasteiger partial charge in [0.15, 0.2) is 0 Å². The highest BCUT2D eigenvalue weighted by molar-refractivity contribution is 5.95. The molecule has 1 saturated carbocycles. The maximum absolute atomic E-state index is 13.8. The molecule has 5 amide bonds. The number of anilines is 1. The van der Waals surface area contributed by atoms with Crippen molar-refractivity contribution in [2.75, 3.05) is 52.6 Å². The van der Waals surface area contributed by atoms with Gasteiger partial charge in [-0.25, -0.2) is 0 Å². The van der Waals surface area contributed by atoms with E-state index in [0.29, 0.717) is 79.1 Å². The molecule has 1 aliphatic carbocycles. The largest absolute Gasteiger partial charge is 0.386 e. The van der Waals surface area contributed by atoms with Crippen LogP contribution in [0.3, 0.4) is 0 Å². The number of nitrogens with two attached hydrogens (primary N) is 1. The van der Waals surface area contributed by atoms with Gasteiger partial charge in [0.05, 0.1) is 31.9 Å². The average molecular weight is 833 g/mol. The maximum atomic E-state index is 13.8. The molecule has 0 aromatic heterocycles. The van der Waals surface area contributed by atoms with Crippen LogP contribution in [0, 0.1) is 23.2 Å². The van der Waals surface area contributed by atoms with E-state index >= 15 is 0 Å². The molecule has 1 aromatic carbocycles. The summed E-state index contributed by atoms with van der Waals surface area (Å²) in [7, 11) is 5.92. The standard InChI is InChI=1S/C46H73N9O5/c1-31(2)42(44(59)48-8)53-40(56)28-32(3)33(4)29-55(9,10)30-37-18-20-38(21-19-37)52-43(58)39(16-14-26-49-36(7)47)51-35(6)46(23-15-24-46)45(60)50-25-12-11-13-27-54-34(5)17-22-41(54)57/h17-22,31-33,39,42,49,51H,5-7,11-16,23-30,47H2,1-4,8-10H3,(H3-,48,50,52,53,56,58,59,60)/p+1/t32?,33?,39?,42-/m0/s1. The lowest BCUT2D eigenvalue weighted by Crippen LogP contribution is -2.53. The van der Waals surface area contributed by atoms with Crippen molar-refractivity contribution in [1.82, 2.24) is 31.5 Å². The van der Waals surface area contributed by atoms with E-state index in [1.165, 1.54) is 6.08 Å². The molecule has 1 aliphatic heterocycles. The number of hydrogen-bond donors (Lipinski definition) is 7. The van der Waals surface area contributed by atoms with E-state index in [0.717, 1.165) is 44.3 Å². The topological polar surface area (TPSA) is 187 Å². The summed E-state index contributed by atoms with van der Waals surface area (Å²) in [5.74, 6) is 0.0454. The molecule has 0 bridgehead atoms. The first kappa shape index (κ1) is 49.3. The molecule has 1 fully saturated rings. The summed E-state index contributed by atoms with van der Waals surface area (Å²) >= 11 is 0. The molecule has 3 unspecified atom stereocenters. The van der Waals surface area contributed by atoms with Gasteiger partial charge in [-0.1, -0.05) is 66.0 Å². The lowest BCUT2D eigenvalue weighted by Gasteiger charge is -2.43. The first-order valence-electron chi connectivity index (χ1n) is 21.6. The van der Waals surface area contributed by atoms with E-state index in [9.17, 15) is 24.0 Å². The number of nitrogens with one attached hydrogen (secondary N) is 6. The van der Waals surface area contributed by atoms with Gasteiger partial charge in [0.2, 0.25) is 23.6 Å². The zero-order chi connectivity index (χ0) is 44.6. The summed E-state index contributed by atoms with van der Waals surface area (Å²) in [6.07, 6.45) is 9.35. The van der Waals surface area contributed by atoms with Crippen molar-refractivity contribution in [3.63, 3.8) is 0 Å². The van der Waals surface area contributed by atoms with Crippen molar-refractivity contribution >= 4 is 35.2 Å². The number of allylic oxidation sites excluding steroid dienone is 1. The Balaban J connectivity index is 1.55. The second-order valence-corrected chi connectivity index (χ2v) is 17.9. The van der Waals surface area contributed by atoms with Crippen LogP contribution in [0.25, 0.3) is 0 Å². The van der Waals surface area contributed by atoms with Gasteiger partial charge in [-0.05, 0) is 75.0 Å². The molecule has 60 heavy (non-hydrogen) atoms. The Bertz CT molecular complexity index is 1700. The molecule has 0 radical (unpaired) electrons. The van der Waals surface area contributed by atoms with Crippen LogP contribution >= 0.6 is 0 Å². The van der Waals surface area contributed by atoms with E-state index in [2.05, 4.69) is 79.6 Å². The van der Waals surface area contributed by atoms with Gasteiger partial charge in [0.1, 0.15) is 18.6 Å². The van der Waals surface area contributed by atoms with Crippen molar-refractivity contribution in [1.29, 1.82) is 0 Å². The van der Waals surface area contributed by atoms with Crippen LogP contribution in [0.4, 0.5) is 5.69 Å². The highest BCUT2D eigenvalue weighted by atomic mass is 16.2. The molecule has 14 nitrogen and oxygen atoms in total. The lowest BCUT2D eigenvalue weighted by molar-refractivity contribution is -0.907. The van der Waals surface area contributed by atoms with Crippen LogP contribution in [0.5, 0.6) is 0 Å². The Morgan fingerprint density at radius 2 is 1.55 bits per heavy atom. The number of nitrogens with zero attached hydrogens (tertiary/aromatic N) is 2. The number of amides is 5. The molecule has 8 N–H and O–H groups in total. The fourth-order valence-corrected chi connectivity index (χ4v) is 7.91. The highest BCUT2D eigenvalue weighted by Gasteiger charge is 2.47. The molecular formula is C46H74N9O5+. The molecule has 3 rings (SSSR count). The number of rotatable bonds is 27. The summed E-state index contributed by atoms with van der Waals surface area (Å²) in [5.41, 5.74) is 7.95. The van der Waals surface area contributed by atoms with Crippen LogP contribution in [0.1, 0.15) is 91.0 Å². The fraction of sp³-hybridized carbons (Fsp3) is 0.587. The smallest absolute Gasteiger partial charge is 0.251 e. The lowest BCUT2D eigenvalue weighted by atomic mass is 9.66. The second kappa shape index (κ2) is 23.0. The molecule has 1 aromatic rings. The van der Waals surface area contributed by atoms with E-state index < -0.39 is 17.5 Å². The third-order valence-corrected chi connectivity index (χ3v) is 11.9. The third-order valence-electron chi connectivity index (χ3n) is 11.9. The van der Waals surface area contributed by atoms with Gasteiger partial charge < -0.3 is 47.0 Å². The predicted octanol–water partition coefficient (Wildman–Crippen LogP) is 4.39. The second-order valence-electron chi connectivity index (χ2n) is 17.9. The molecule has 0 spiro atoms. The van der Waals surface area contributed by atoms with Crippen molar-refractivity contribution in [3.8, 4) is 0 Å². The minimum absolute atomic E-state index is 0.0160. The van der Waals surface area contributed by atoms with Gasteiger partial charge in [-0.15, -0.1) is 0 Å². The van der Waals surface area contributed by atoms with Crippen molar-refractivity contribution in [3.05, 3.63) is 78.9 Å². The van der Waals surface area contributed by atoms with Gasteiger partial charge in [0.25, 0.3) is 5.91 Å². The zero-order valence-electron chi connectivity index (χ0n) is 37.4. The Hall–Kier alpha value is -5.11. The Labute approximate surface area is 358 Å². The quantitative estimate of drug-likeness (QED) is 0.0503. The predicted molar refractivity (Wildman–Crippen MR) is 239 cm³/mol. The summed E-state index contributed by atoms with van der Waals surface area (Å²) < 4.78 is 0.702. The Morgan fingerprint density at radius 3 is 2.12 bits per heavy atom. The maximum Gasteiger partial charge on any atom is 0.251 e.